The number of anilines is 5. The second-order valence-corrected chi connectivity index (χ2v) is 20.1. The van der Waals surface area contributed by atoms with E-state index in [2.05, 4.69) is 239 Å². The molecule has 0 bridgehead atoms. The van der Waals surface area contributed by atoms with Crippen molar-refractivity contribution in [2.24, 2.45) is 0 Å². The Kier molecular flexibility index (Phi) is 9.66. The molecule has 0 saturated carbocycles. The number of aryl methyl sites for hydroxylation is 1. The van der Waals surface area contributed by atoms with E-state index in [1.54, 1.807) is 0 Å². The standard InChI is InChI=1S/C63H53BN2O/c1-40-25-26-46(43-21-13-8-14-22-43)36-56(40)66-57-39-53-52(62(2,3)33-34-63(53,4)5)38-54(57)64-59-50(37-51-49-23-15-16-24-58(49)67-61(51)60(59)66)48-32-29-45(42-19-11-7-12-20-42)35-55(48)65-47-30-27-44(28-31-47)41-17-9-6-10-18-41/h6-32,35-39,64-65H,33-34H2,1-5H3. The van der Waals surface area contributed by atoms with Crippen LogP contribution in [-0.4, -0.2) is 7.28 Å². The first-order chi connectivity index (χ1) is 32.6. The Morgan fingerprint density at radius 2 is 1.04 bits per heavy atom. The molecule has 12 rings (SSSR count). The third-order valence-electron chi connectivity index (χ3n) is 14.9. The normalized spacial score (nSPS) is 14.6. The van der Waals surface area contributed by atoms with E-state index in [9.17, 15) is 0 Å². The van der Waals surface area contributed by atoms with Crippen LogP contribution in [0.1, 0.15) is 57.2 Å². The molecule has 1 N–H and O–H groups in total. The first-order valence-corrected chi connectivity index (χ1v) is 23.8. The summed E-state index contributed by atoms with van der Waals surface area (Å²) in [5, 5.41) is 6.19. The third kappa shape index (κ3) is 7.06. The van der Waals surface area contributed by atoms with Gasteiger partial charge in [-0.05, 0) is 134 Å². The maximum absolute atomic E-state index is 7.14. The number of benzene rings is 9. The molecule has 9 aromatic carbocycles. The molecule has 67 heavy (non-hydrogen) atoms. The summed E-state index contributed by atoms with van der Waals surface area (Å²) < 4.78 is 7.14. The van der Waals surface area contributed by atoms with Gasteiger partial charge in [0.15, 0.2) is 12.9 Å². The van der Waals surface area contributed by atoms with Crippen LogP contribution in [-0.2, 0) is 10.8 Å². The largest absolute Gasteiger partial charge is 0.454 e. The Morgan fingerprint density at radius 1 is 0.493 bits per heavy atom. The van der Waals surface area contributed by atoms with Gasteiger partial charge in [-0.15, -0.1) is 0 Å². The number of nitrogens with one attached hydrogen (secondary N) is 1. The smallest absolute Gasteiger partial charge is 0.198 e. The highest BCUT2D eigenvalue weighted by atomic mass is 16.3. The summed E-state index contributed by atoms with van der Waals surface area (Å²) in [4.78, 5) is 2.58. The lowest BCUT2D eigenvalue weighted by atomic mass is 9.55. The quantitative estimate of drug-likeness (QED) is 0.162. The summed E-state index contributed by atoms with van der Waals surface area (Å²) in [6.45, 7) is 12.0. The van der Waals surface area contributed by atoms with Crippen LogP contribution in [0.5, 0.6) is 0 Å². The van der Waals surface area contributed by atoms with Gasteiger partial charge < -0.3 is 14.6 Å². The lowest BCUT2D eigenvalue weighted by Crippen LogP contribution is -2.44. The number of hydrogen-bond acceptors (Lipinski definition) is 3. The van der Waals surface area contributed by atoms with Crippen LogP contribution in [0, 0.1) is 6.92 Å². The van der Waals surface area contributed by atoms with Crippen LogP contribution >= 0.6 is 0 Å². The molecular formula is C63H53BN2O. The van der Waals surface area contributed by atoms with Gasteiger partial charge >= 0.3 is 0 Å². The Bertz CT molecular complexity index is 3520. The molecule has 4 heteroatoms. The van der Waals surface area contributed by atoms with E-state index in [1.165, 1.54) is 66.7 Å². The van der Waals surface area contributed by atoms with Gasteiger partial charge in [0.05, 0.1) is 5.69 Å². The molecule has 1 aliphatic carbocycles. The summed E-state index contributed by atoms with van der Waals surface area (Å²) in [6.07, 6.45) is 2.30. The monoisotopic (exact) mass is 864 g/mol. The maximum Gasteiger partial charge on any atom is 0.198 e. The highest BCUT2D eigenvalue weighted by Gasteiger charge is 2.41. The van der Waals surface area contributed by atoms with E-state index in [1.807, 2.05) is 0 Å². The Labute approximate surface area is 395 Å². The Hall–Kier alpha value is -7.56. The molecule has 0 amide bonds. The van der Waals surface area contributed by atoms with Gasteiger partial charge in [-0.2, -0.15) is 0 Å². The number of hydrogen-bond donors (Lipinski definition) is 1. The van der Waals surface area contributed by atoms with E-state index in [-0.39, 0.29) is 10.8 Å². The number of rotatable bonds is 7. The number of para-hydroxylation sites is 1. The van der Waals surface area contributed by atoms with Crippen molar-refractivity contribution in [2.45, 2.75) is 58.3 Å². The van der Waals surface area contributed by atoms with E-state index in [0.29, 0.717) is 0 Å². The first-order valence-electron chi connectivity index (χ1n) is 23.8. The molecule has 0 saturated heterocycles. The van der Waals surface area contributed by atoms with Crippen LogP contribution < -0.4 is 21.1 Å². The minimum Gasteiger partial charge on any atom is -0.454 e. The zero-order valence-corrected chi connectivity index (χ0v) is 39.0. The van der Waals surface area contributed by atoms with Gasteiger partial charge in [-0.1, -0.05) is 185 Å². The predicted molar refractivity (Wildman–Crippen MR) is 286 cm³/mol. The molecule has 0 unspecified atom stereocenters. The molecule has 3 nitrogen and oxygen atoms in total. The molecule has 0 atom stereocenters. The molecule has 1 aromatic heterocycles. The van der Waals surface area contributed by atoms with Crippen molar-refractivity contribution >= 4 is 68.6 Å². The summed E-state index contributed by atoms with van der Waals surface area (Å²) >= 11 is 0. The van der Waals surface area contributed by atoms with Crippen molar-refractivity contribution in [3.8, 4) is 44.5 Å². The van der Waals surface area contributed by atoms with Crippen LogP contribution in [0.3, 0.4) is 0 Å². The molecule has 2 heterocycles. The molecule has 2 aliphatic rings. The van der Waals surface area contributed by atoms with E-state index in [4.69, 9.17) is 4.42 Å². The summed E-state index contributed by atoms with van der Waals surface area (Å²) in [5.74, 6) is 0. The Balaban J connectivity index is 1.14. The van der Waals surface area contributed by atoms with E-state index < -0.39 is 0 Å². The topological polar surface area (TPSA) is 28.4 Å². The van der Waals surface area contributed by atoms with Crippen LogP contribution in [0.25, 0.3) is 66.4 Å². The van der Waals surface area contributed by atoms with Gasteiger partial charge in [0.25, 0.3) is 0 Å². The molecular weight excluding hydrogens is 812 g/mol. The molecule has 10 aromatic rings. The minimum atomic E-state index is 0.0314. The fraction of sp³-hybridized carbons (Fsp3) is 0.143. The van der Waals surface area contributed by atoms with Crippen LogP contribution in [0.2, 0.25) is 0 Å². The number of nitrogens with zero attached hydrogens (tertiary/aromatic N) is 1. The summed E-state index contributed by atoms with van der Waals surface area (Å²) in [5.41, 5.74) is 23.7. The fourth-order valence-corrected chi connectivity index (χ4v) is 11.0. The number of fused-ring (bicyclic) bond motifs is 7. The van der Waals surface area contributed by atoms with Gasteiger partial charge in [0, 0.05) is 39.1 Å². The second kappa shape index (κ2) is 15.8. The third-order valence-corrected chi connectivity index (χ3v) is 14.9. The van der Waals surface area contributed by atoms with Crippen molar-refractivity contribution in [3.05, 3.63) is 211 Å². The average molecular weight is 865 g/mol. The molecule has 324 valence electrons. The molecule has 0 radical (unpaired) electrons. The minimum absolute atomic E-state index is 0.0314. The first kappa shape index (κ1) is 40.9. The lowest BCUT2D eigenvalue weighted by molar-refractivity contribution is 0.332. The molecule has 0 fully saturated rings. The summed E-state index contributed by atoms with van der Waals surface area (Å²) in [6, 6.07) is 71.0. The van der Waals surface area contributed by atoms with Crippen molar-refractivity contribution in [3.63, 3.8) is 0 Å². The zero-order valence-electron chi connectivity index (χ0n) is 39.0. The van der Waals surface area contributed by atoms with E-state index in [0.717, 1.165) is 75.9 Å². The average Bonchev–Trinajstić information content (AvgIpc) is 3.74. The molecule has 0 spiro atoms. The zero-order chi connectivity index (χ0) is 45.4. The van der Waals surface area contributed by atoms with Crippen molar-refractivity contribution in [1.29, 1.82) is 0 Å². The fourth-order valence-electron chi connectivity index (χ4n) is 11.0. The van der Waals surface area contributed by atoms with E-state index >= 15 is 0 Å². The van der Waals surface area contributed by atoms with Crippen molar-refractivity contribution in [1.82, 2.24) is 0 Å². The Morgan fingerprint density at radius 3 is 1.72 bits per heavy atom. The predicted octanol–water partition coefficient (Wildman–Crippen LogP) is 15.8. The summed E-state index contributed by atoms with van der Waals surface area (Å²) in [7, 11) is 0.760. The molecule has 1 aliphatic heterocycles. The van der Waals surface area contributed by atoms with Gasteiger partial charge in [-0.25, -0.2) is 0 Å². The van der Waals surface area contributed by atoms with Gasteiger partial charge in [-0.3, -0.25) is 0 Å². The SMILES string of the molecule is Cc1ccc(-c2ccccc2)cc1N1c2cc3c(cc2Bc2c(-c4ccc(-c5ccccc5)cc4Nc4ccc(-c5ccccc5)cc4)cc4c(oc5ccccc54)c21)C(C)(C)CCC3(C)C. The van der Waals surface area contributed by atoms with Crippen molar-refractivity contribution < 1.29 is 4.42 Å². The number of furan rings is 1. The van der Waals surface area contributed by atoms with Gasteiger partial charge in [0.2, 0.25) is 0 Å². The van der Waals surface area contributed by atoms with Crippen LogP contribution in [0.4, 0.5) is 28.4 Å². The van der Waals surface area contributed by atoms with Crippen molar-refractivity contribution in [2.75, 3.05) is 10.2 Å². The highest BCUT2D eigenvalue weighted by molar-refractivity contribution is 6.74. The van der Waals surface area contributed by atoms with Crippen LogP contribution in [0.15, 0.2) is 199 Å². The second-order valence-electron chi connectivity index (χ2n) is 20.1. The maximum atomic E-state index is 7.14. The van der Waals surface area contributed by atoms with Gasteiger partial charge in [0.1, 0.15) is 5.58 Å². The highest BCUT2D eigenvalue weighted by Crippen LogP contribution is 2.51. The lowest BCUT2D eigenvalue weighted by Gasteiger charge is -2.44.